The van der Waals surface area contributed by atoms with Crippen molar-refractivity contribution in [3.63, 3.8) is 0 Å². The van der Waals surface area contributed by atoms with Crippen LogP contribution in [0.3, 0.4) is 0 Å². The number of guanidine groups is 1. The van der Waals surface area contributed by atoms with Gasteiger partial charge in [-0.2, -0.15) is 0 Å². The lowest BCUT2D eigenvalue weighted by molar-refractivity contribution is 0.412. The summed E-state index contributed by atoms with van der Waals surface area (Å²) in [6.45, 7) is 3.85. The lowest BCUT2D eigenvalue weighted by Crippen LogP contribution is -2.37. The molecule has 0 atom stereocenters. The van der Waals surface area contributed by atoms with Crippen LogP contribution < -0.4 is 15.4 Å². The minimum atomic E-state index is 0.731. The van der Waals surface area contributed by atoms with Crippen LogP contribution in [0.5, 0.6) is 5.75 Å². The van der Waals surface area contributed by atoms with E-state index in [1.165, 1.54) is 12.0 Å². The van der Waals surface area contributed by atoms with Crippen molar-refractivity contribution >= 4 is 21.9 Å². The van der Waals surface area contributed by atoms with Gasteiger partial charge in [0.05, 0.1) is 11.6 Å². The normalized spacial score (nSPS) is 11.3. The van der Waals surface area contributed by atoms with Crippen LogP contribution in [0.2, 0.25) is 0 Å². The number of rotatable bonds is 6. The Hall–Kier alpha value is -1.23. The van der Waals surface area contributed by atoms with Crippen LogP contribution in [0.15, 0.2) is 27.7 Å². The molecule has 0 bridgehead atoms. The van der Waals surface area contributed by atoms with Crippen molar-refractivity contribution in [3.05, 3.63) is 28.2 Å². The predicted octanol–water partition coefficient (Wildman–Crippen LogP) is 2.92. The van der Waals surface area contributed by atoms with E-state index in [-0.39, 0.29) is 0 Å². The number of nitrogens with zero attached hydrogens (tertiary/aromatic N) is 1. The van der Waals surface area contributed by atoms with Crippen molar-refractivity contribution in [2.24, 2.45) is 4.99 Å². The summed E-state index contributed by atoms with van der Waals surface area (Å²) in [7, 11) is 3.45. The van der Waals surface area contributed by atoms with Crippen LogP contribution >= 0.6 is 15.9 Å². The molecule has 0 unspecified atom stereocenters. The minimum Gasteiger partial charge on any atom is -0.496 e. The van der Waals surface area contributed by atoms with Crippen molar-refractivity contribution in [2.75, 3.05) is 20.7 Å². The summed E-state index contributed by atoms with van der Waals surface area (Å²) in [5, 5.41) is 6.57. The highest BCUT2D eigenvalue weighted by Crippen LogP contribution is 2.25. The third kappa shape index (κ3) is 5.51. The number of methoxy groups -OCH3 is 1. The number of hydrogen-bond donors (Lipinski definition) is 2. The highest BCUT2D eigenvalue weighted by Gasteiger charge is 2.02. The number of benzene rings is 1. The molecule has 0 saturated heterocycles. The maximum atomic E-state index is 5.21. The van der Waals surface area contributed by atoms with Crippen molar-refractivity contribution in [3.8, 4) is 5.75 Å². The van der Waals surface area contributed by atoms with E-state index in [1.54, 1.807) is 14.2 Å². The molecule has 0 heterocycles. The van der Waals surface area contributed by atoms with Crippen LogP contribution in [0.25, 0.3) is 0 Å². The Kier molecular flexibility index (Phi) is 7.33. The third-order valence-corrected chi connectivity index (χ3v) is 3.34. The fourth-order valence-electron chi connectivity index (χ4n) is 1.61. The molecule has 0 amide bonds. The van der Waals surface area contributed by atoms with E-state index in [0.29, 0.717) is 0 Å². The van der Waals surface area contributed by atoms with Crippen LogP contribution in [-0.2, 0) is 6.54 Å². The first kappa shape index (κ1) is 15.8. The number of unbranched alkanes of at least 4 members (excludes halogenated alkanes) is 1. The standard InChI is InChI=1S/C14H22BrN3O/c1-4-5-8-17-14(16-2)18-10-11-6-7-13(19-3)12(15)9-11/h6-7,9H,4-5,8,10H2,1-3H3,(H2,16,17,18). The largest absolute Gasteiger partial charge is 0.496 e. The zero-order chi connectivity index (χ0) is 14.1. The van der Waals surface area contributed by atoms with Gasteiger partial charge in [-0.15, -0.1) is 0 Å². The van der Waals surface area contributed by atoms with Crippen LogP contribution in [-0.4, -0.2) is 26.7 Å². The third-order valence-electron chi connectivity index (χ3n) is 2.72. The summed E-state index contributed by atoms with van der Waals surface area (Å²) in [5.74, 6) is 1.68. The second-order valence-electron chi connectivity index (χ2n) is 4.17. The topological polar surface area (TPSA) is 45.7 Å². The molecule has 19 heavy (non-hydrogen) atoms. The molecule has 0 radical (unpaired) electrons. The zero-order valence-corrected chi connectivity index (χ0v) is 13.4. The summed E-state index contributed by atoms with van der Waals surface area (Å²) in [5.41, 5.74) is 1.17. The monoisotopic (exact) mass is 327 g/mol. The van der Waals surface area contributed by atoms with Gasteiger partial charge in [0.15, 0.2) is 5.96 Å². The van der Waals surface area contributed by atoms with Gasteiger partial charge in [0.25, 0.3) is 0 Å². The van der Waals surface area contributed by atoms with Gasteiger partial charge < -0.3 is 15.4 Å². The first-order valence-corrected chi connectivity index (χ1v) is 7.27. The number of hydrogen-bond acceptors (Lipinski definition) is 2. The molecule has 2 N–H and O–H groups in total. The first-order chi connectivity index (χ1) is 9.21. The van der Waals surface area contributed by atoms with E-state index in [2.05, 4.69) is 38.5 Å². The maximum absolute atomic E-state index is 5.21. The summed E-state index contributed by atoms with van der Waals surface area (Å²) in [6.07, 6.45) is 2.32. The van der Waals surface area contributed by atoms with E-state index < -0.39 is 0 Å². The zero-order valence-electron chi connectivity index (χ0n) is 11.8. The summed E-state index contributed by atoms with van der Waals surface area (Å²) >= 11 is 3.48. The average Bonchev–Trinajstić information content (AvgIpc) is 2.43. The van der Waals surface area contributed by atoms with E-state index in [4.69, 9.17) is 4.74 Å². The smallest absolute Gasteiger partial charge is 0.191 e. The van der Waals surface area contributed by atoms with Gasteiger partial charge in [-0.1, -0.05) is 19.4 Å². The second kappa shape index (κ2) is 8.80. The van der Waals surface area contributed by atoms with E-state index in [1.807, 2.05) is 18.2 Å². The molecule has 5 heteroatoms. The molecule has 4 nitrogen and oxygen atoms in total. The number of nitrogens with one attached hydrogen (secondary N) is 2. The Morgan fingerprint density at radius 3 is 2.74 bits per heavy atom. The highest BCUT2D eigenvalue weighted by molar-refractivity contribution is 9.10. The molecule has 0 aliphatic rings. The Labute approximate surface area is 123 Å². The van der Waals surface area contributed by atoms with E-state index >= 15 is 0 Å². The van der Waals surface area contributed by atoms with E-state index in [9.17, 15) is 0 Å². The molecule has 0 aliphatic carbocycles. The number of ether oxygens (including phenoxy) is 1. The van der Waals surface area contributed by atoms with Crippen molar-refractivity contribution in [1.29, 1.82) is 0 Å². The SMILES string of the molecule is CCCCNC(=NC)NCc1ccc(OC)c(Br)c1. The predicted molar refractivity (Wildman–Crippen MR) is 83.8 cm³/mol. The first-order valence-electron chi connectivity index (χ1n) is 6.48. The fraction of sp³-hybridized carbons (Fsp3) is 0.500. The molecule has 0 fully saturated rings. The minimum absolute atomic E-state index is 0.731. The molecule has 0 spiro atoms. The van der Waals surface area contributed by atoms with Gasteiger partial charge >= 0.3 is 0 Å². The fourth-order valence-corrected chi connectivity index (χ4v) is 2.20. The van der Waals surface area contributed by atoms with Gasteiger partial charge in [-0.05, 0) is 40.0 Å². The quantitative estimate of drug-likeness (QED) is 0.479. The molecular weight excluding hydrogens is 306 g/mol. The van der Waals surface area contributed by atoms with Gasteiger partial charge in [-0.25, -0.2) is 0 Å². The van der Waals surface area contributed by atoms with Gasteiger partial charge in [0.1, 0.15) is 5.75 Å². The van der Waals surface area contributed by atoms with Crippen molar-refractivity contribution in [2.45, 2.75) is 26.3 Å². The molecule has 0 saturated carbocycles. The molecule has 1 aromatic carbocycles. The lowest BCUT2D eigenvalue weighted by atomic mass is 10.2. The summed E-state index contributed by atoms with van der Waals surface area (Å²) in [4.78, 5) is 4.19. The summed E-state index contributed by atoms with van der Waals surface area (Å²) < 4.78 is 6.17. The lowest BCUT2D eigenvalue weighted by Gasteiger charge is -2.12. The van der Waals surface area contributed by atoms with Crippen LogP contribution in [0.1, 0.15) is 25.3 Å². The number of aliphatic imine (C=N–C) groups is 1. The molecular formula is C14H22BrN3O. The van der Waals surface area contributed by atoms with Gasteiger partial charge in [0.2, 0.25) is 0 Å². The highest BCUT2D eigenvalue weighted by atomic mass is 79.9. The maximum Gasteiger partial charge on any atom is 0.191 e. The van der Waals surface area contributed by atoms with Crippen molar-refractivity contribution < 1.29 is 4.74 Å². The van der Waals surface area contributed by atoms with Gasteiger partial charge in [0, 0.05) is 20.1 Å². The Morgan fingerprint density at radius 1 is 1.37 bits per heavy atom. The number of halogens is 1. The van der Waals surface area contributed by atoms with Gasteiger partial charge in [-0.3, -0.25) is 4.99 Å². The Balaban J connectivity index is 2.48. The van der Waals surface area contributed by atoms with E-state index in [0.717, 1.165) is 35.7 Å². The second-order valence-corrected chi connectivity index (χ2v) is 5.03. The van der Waals surface area contributed by atoms with Crippen molar-refractivity contribution in [1.82, 2.24) is 10.6 Å². The molecule has 1 aromatic rings. The molecule has 0 aliphatic heterocycles. The summed E-state index contributed by atoms with van der Waals surface area (Å²) in [6, 6.07) is 6.04. The molecule has 0 aromatic heterocycles. The average molecular weight is 328 g/mol. The van der Waals surface area contributed by atoms with Crippen LogP contribution in [0, 0.1) is 0 Å². The molecule has 1 rings (SSSR count). The Bertz CT molecular complexity index is 421. The van der Waals surface area contributed by atoms with Crippen LogP contribution in [0.4, 0.5) is 0 Å². The molecule has 106 valence electrons. The Morgan fingerprint density at radius 2 is 2.16 bits per heavy atom.